The molecule has 1 fully saturated rings. The van der Waals surface area contributed by atoms with E-state index in [2.05, 4.69) is 4.72 Å². The van der Waals surface area contributed by atoms with Gasteiger partial charge in [-0.15, -0.1) is 0 Å². The van der Waals surface area contributed by atoms with E-state index in [1.54, 1.807) is 25.7 Å². The van der Waals surface area contributed by atoms with Gasteiger partial charge in [0.2, 0.25) is 15.9 Å². The Morgan fingerprint density at radius 1 is 1.42 bits per heavy atom. The van der Waals surface area contributed by atoms with Gasteiger partial charge in [-0.2, -0.15) is 0 Å². The van der Waals surface area contributed by atoms with Crippen molar-refractivity contribution < 1.29 is 18.3 Å². The van der Waals surface area contributed by atoms with Gasteiger partial charge >= 0.3 is 0 Å². The van der Waals surface area contributed by atoms with Gasteiger partial charge in [-0.3, -0.25) is 4.79 Å². The molecule has 2 N–H and O–H groups in total. The molecule has 0 aromatic heterocycles. The molecule has 0 aromatic rings. The van der Waals surface area contributed by atoms with Crippen LogP contribution in [0.25, 0.3) is 0 Å². The first-order chi connectivity index (χ1) is 8.67. The van der Waals surface area contributed by atoms with Crippen LogP contribution >= 0.6 is 0 Å². The van der Waals surface area contributed by atoms with E-state index in [4.69, 9.17) is 0 Å². The Hall–Kier alpha value is -0.660. The number of rotatable bonds is 5. The van der Waals surface area contributed by atoms with Gasteiger partial charge < -0.3 is 10.0 Å². The minimum atomic E-state index is -3.38. The first-order valence-corrected chi connectivity index (χ1v) is 8.33. The Morgan fingerprint density at radius 3 is 2.42 bits per heavy atom. The smallest absolute Gasteiger partial charge is 0.240 e. The van der Waals surface area contributed by atoms with Gasteiger partial charge in [0.25, 0.3) is 0 Å². The summed E-state index contributed by atoms with van der Waals surface area (Å²) < 4.78 is 25.6. The molecule has 19 heavy (non-hydrogen) atoms. The van der Waals surface area contributed by atoms with Crippen LogP contribution < -0.4 is 4.72 Å². The molecule has 1 unspecified atom stereocenters. The molecule has 0 saturated carbocycles. The molecule has 0 bridgehead atoms. The van der Waals surface area contributed by atoms with E-state index in [1.165, 1.54) is 0 Å². The van der Waals surface area contributed by atoms with E-state index < -0.39 is 21.7 Å². The number of hydrogen-bond donors (Lipinski definition) is 2. The monoisotopic (exact) mass is 292 g/mol. The summed E-state index contributed by atoms with van der Waals surface area (Å²) in [7, 11) is -3.38. The maximum Gasteiger partial charge on any atom is 0.240 e. The molecular weight excluding hydrogens is 268 g/mol. The van der Waals surface area contributed by atoms with E-state index in [0.717, 1.165) is 0 Å². The number of amides is 1. The number of hydrogen-bond acceptors (Lipinski definition) is 4. The van der Waals surface area contributed by atoms with Crippen LogP contribution in [-0.2, 0) is 14.8 Å². The third-order valence-corrected chi connectivity index (χ3v) is 5.01. The molecule has 1 aliphatic heterocycles. The molecule has 0 radical (unpaired) electrons. The Bertz CT molecular complexity index is 409. The second-order valence-corrected chi connectivity index (χ2v) is 7.35. The zero-order chi connectivity index (χ0) is 14.7. The standard InChI is InChI=1S/C12H24N2O4S/c1-4-9-19(17,18)13-10(2)11(15)14-7-5-12(3,16)6-8-14/h10,13,16H,4-9H2,1-3H3. The summed E-state index contributed by atoms with van der Waals surface area (Å²) in [5.74, 6) is -0.200. The molecule has 1 saturated heterocycles. The lowest BCUT2D eigenvalue weighted by molar-refractivity contribution is -0.136. The fraction of sp³-hybridized carbons (Fsp3) is 0.917. The van der Waals surface area contributed by atoms with E-state index in [-0.39, 0.29) is 11.7 Å². The molecule has 6 nitrogen and oxygen atoms in total. The van der Waals surface area contributed by atoms with E-state index in [1.807, 2.05) is 0 Å². The predicted molar refractivity (Wildman–Crippen MR) is 73.1 cm³/mol. The summed E-state index contributed by atoms with van der Waals surface area (Å²) in [5, 5.41) is 9.82. The number of nitrogens with zero attached hydrogens (tertiary/aromatic N) is 1. The van der Waals surface area contributed by atoms with Gasteiger partial charge in [-0.25, -0.2) is 13.1 Å². The average Bonchev–Trinajstić information content (AvgIpc) is 2.27. The van der Waals surface area contributed by atoms with Crippen LogP contribution in [-0.4, -0.2) is 54.8 Å². The van der Waals surface area contributed by atoms with Gasteiger partial charge in [-0.1, -0.05) is 6.92 Å². The highest BCUT2D eigenvalue weighted by atomic mass is 32.2. The van der Waals surface area contributed by atoms with Crippen molar-refractivity contribution in [3.63, 3.8) is 0 Å². The van der Waals surface area contributed by atoms with Crippen LogP contribution in [0.2, 0.25) is 0 Å². The Labute approximate surface area is 115 Å². The first kappa shape index (κ1) is 16.4. The molecule has 1 aliphatic rings. The molecule has 1 atom stereocenters. The molecule has 0 aliphatic carbocycles. The molecule has 0 spiro atoms. The van der Waals surface area contributed by atoms with Crippen molar-refractivity contribution in [2.45, 2.75) is 51.7 Å². The molecule has 1 amide bonds. The van der Waals surface area contributed by atoms with Gasteiger partial charge in [0.15, 0.2) is 0 Å². The highest BCUT2D eigenvalue weighted by Gasteiger charge is 2.32. The number of likely N-dealkylation sites (tertiary alicyclic amines) is 1. The van der Waals surface area contributed by atoms with Crippen molar-refractivity contribution in [1.29, 1.82) is 0 Å². The second-order valence-electron chi connectivity index (χ2n) is 5.48. The van der Waals surface area contributed by atoms with Crippen LogP contribution in [0.3, 0.4) is 0 Å². The summed E-state index contributed by atoms with van der Waals surface area (Å²) in [6, 6.07) is -0.750. The lowest BCUT2D eigenvalue weighted by Crippen LogP contribution is -2.52. The fourth-order valence-corrected chi connectivity index (χ4v) is 3.42. The third-order valence-electron chi connectivity index (χ3n) is 3.35. The second kappa shape index (κ2) is 6.19. The Kier molecular flexibility index (Phi) is 5.34. The quantitative estimate of drug-likeness (QED) is 0.751. The van der Waals surface area contributed by atoms with Gasteiger partial charge in [0.1, 0.15) is 0 Å². The summed E-state index contributed by atoms with van der Waals surface area (Å²) in [5.41, 5.74) is -0.721. The van der Waals surface area contributed by atoms with Crippen LogP contribution in [0.15, 0.2) is 0 Å². The molecule has 1 heterocycles. The molecule has 0 aromatic carbocycles. The largest absolute Gasteiger partial charge is 0.390 e. The zero-order valence-corrected chi connectivity index (χ0v) is 12.7. The number of nitrogens with one attached hydrogen (secondary N) is 1. The van der Waals surface area contributed by atoms with Crippen LogP contribution in [0, 0.1) is 0 Å². The lowest BCUT2D eigenvalue weighted by Gasteiger charge is -2.36. The van der Waals surface area contributed by atoms with E-state index in [0.29, 0.717) is 32.4 Å². The van der Waals surface area contributed by atoms with Gasteiger partial charge in [0.05, 0.1) is 17.4 Å². The molecule has 112 valence electrons. The number of carbonyl (C=O) groups excluding carboxylic acids is 1. The topological polar surface area (TPSA) is 86.7 Å². The van der Waals surface area contributed by atoms with Crippen molar-refractivity contribution in [2.24, 2.45) is 0 Å². The molecule has 1 rings (SSSR count). The average molecular weight is 292 g/mol. The van der Waals surface area contributed by atoms with Crippen molar-refractivity contribution in [3.05, 3.63) is 0 Å². The summed E-state index contributed by atoms with van der Waals surface area (Å²) >= 11 is 0. The van der Waals surface area contributed by atoms with Gasteiger partial charge in [0, 0.05) is 13.1 Å². The number of piperidine rings is 1. The van der Waals surface area contributed by atoms with Crippen molar-refractivity contribution in [1.82, 2.24) is 9.62 Å². The number of carbonyl (C=O) groups is 1. The van der Waals surface area contributed by atoms with Gasteiger partial charge in [-0.05, 0) is 33.1 Å². The molecular formula is C12H24N2O4S. The third kappa shape index (κ3) is 5.08. The van der Waals surface area contributed by atoms with Crippen LogP contribution in [0.5, 0.6) is 0 Å². The first-order valence-electron chi connectivity index (χ1n) is 6.68. The lowest BCUT2D eigenvalue weighted by atomic mass is 9.93. The summed E-state index contributed by atoms with van der Waals surface area (Å²) in [6.45, 7) is 6.01. The zero-order valence-electron chi connectivity index (χ0n) is 11.8. The van der Waals surface area contributed by atoms with E-state index >= 15 is 0 Å². The normalized spacial score (nSPS) is 21.2. The van der Waals surface area contributed by atoms with Crippen molar-refractivity contribution in [2.75, 3.05) is 18.8 Å². The summed E-state index contributed by atoms with van der Waals surface area (Å²) in [6.07, 6.45) is 1.56. The minimum absolute atomic E-state index is 0.0271. The highest BCUT2D eigenvalue weighted by Crippen LogP contribution is 2.21. The Morgan fingerprint density at radius 2 is 1.95 bits per heavy atom. The maximum atomic E-state index is 12.1. The maximum absolute atomic E-state index is 12.1. The van der Waals surface area contributed by atoms with Crippen LogP contribution in [0.1, 0.15) is 40.0 Å². The number of sulfonamides is 1. The fourth-order valence-electron chi connectivity index (χ4n) is 2.13. The number of aliphatic hydroxyl groups is 1. The predicted octanol–water partition coefficient (Wildman–Crippen LogP) is 0.0777. The molecule has 7 heteroatoms. The van der Waals surface area contributed by atoms with Crippen LogP contribution in [0.4, 0.5) is 0 Å². The Balaban J connectivity index is 2.54. The SMILES string of the molecule is CCCS(=O)(=O)NC(C)C(=O)N1CCC(C)(O)CC1. The van der Waals surface area contributed by atoms with Crippen molar-refractivity contribution >= 4 is 15.9 Å². The summed E-state index contributed by atoms with van der Waals surface area (Å²) in [4.78, 5) is 13.7. The highest BCUT2D eigenvalue weighted by molar-refractivity contribution is 7.89. The van der Waals surface area contributed by atoms with Crippen molar-refractivity contribution in [3.8, 4) is 0 Å². The minimum Gasteiger partial charge on any atom is -0.390 e. The van der Waals surface area contributed by atoms with E-state index in [9.17, 15) is 18.3 Å².